The first-order valence-corrected chi connectivity index (χ1v) is 6.72. The molecule has 21 heavy (non-hydrogen) atoms. The number of aromatic amines is 1. The van der Waals surface area contributed by atoms with Gasteiger partial charge in [0.1, 0.15) is 11.4 Å². The zero-order valence-electron chi connectivity index (χ0n) is 12.1. The zero-order valence-corrected chi connectivity index (χ0v) is 12.1. The van der Waals surface area contributed by atoms with Crippen LogP contribution < -0.4 is 15.6 Å². The fourth-order valence-corrected chi connectivity index (χ4v) is 2.13. The number of hydrogen-bond acceptors (Lipinski definition) is 3. The molecular formula is C16H18N2O3. The molecule has 0 saturated heterocycles. The molecule has 0 fully saturated rings. The number of carbonyl (C=O) groups excluding carboxylic acids is 1. The number of benzene rings is 1. The number of amides is 1. The summed E-state index contributed by atoms with van der Waals surface area (Å²) in [7, 11) is 1.62. The van der Waals surface area contributed by atoms with Crippen molar-refractivity contribution in [1.29, 1.82) is 0 Å². The smallest absolute Gasteiger partial charge is 0.268 e. The monoisotopic (exact) mass is 286 g/mol. The molecule has 0 bridgehead atoms. The van der Waals surface area contributed by atoms with Crippen LogP contribution in [0.5, 0.6) is 5.75 Å². The second kappa shape index (κ2) is 6.74. The Morgan fingerprint density at radius 2 is 2.00 bits per heavy atom. The second-order valence-corrected chi connectivity index (χ2v) is 4.82. The van der Waals surface area contributed by atoms with Gasteiger partial charge < -0.3 is 15.0 Å². The van der Waals surface area contributed by atoms with Crippen LogP contribution in [0.4, 0.5) is 0 Å². The summed E-state index contributed by atoms with van der Waals surface area (Å²) in [5.74, 6) is 0.502. The molecule has 0 radical (unpaired) electrons. The van der Waals surface area contributed by atoms with Gasteiger partial charge in [0.25, 0.3) is 5.91 Å². The van der Waals surface area contributed by atoms with Gasteiger partial charge in [-0.05, 0) is 31.0 Å². The van der Waals surface area contributed by atoms with E-state index in [0.717, 1.165) is 11.3 Å². The molecule has 0 aliphatic rings. The zero-order chi connectivity index (χ0) is 15.2. The number of aromatic nitrogens is 1. The highest BCUT2D eigenvalue weighted by Gasteiger charge is 2.12. The van der Waals surface area contributed by atoms with E-state index in [1.807, 2.05) is 31.2 Å². The summed E-state index contributed by atoms with van der Waals surface area (Å²) in [4.78, 5) is 25.7. The molecule has 2 aromatic rings. The van der Waals surface area contributed by atoms with Gasteiger partial charge in [0.15, 0.2) is 0 Å². The maximum Gasteiger partial charge on any atom is 0.268 e. The van der Waals surface area contributed by atoms with Crippen LogP contribution in [0.15, 0.2) is 47.3 Å². The Balaban J connectivity index is 2.03. The van der Waals surface area contributed by atoms with Gasteiger partial charge >= 0.3 is 0 Å². The Labute approximate surface area is 123 Å². The lowest BCUT2D eigenvalue weighted by atomic mass is 10.1. The molecule has 5 heteroatoms. The maximum absolute atomic E-state index is 12.0. The first-order chi connectivity index (χ1) is 10.1. The van der Waals surface area contributed by atoms with Crippen molar-refractivity contribution in [1.82, 2.24) is 10.3 Å². The molecule has 5 nitrogen and oxygen atoms in total. The SMILES string of the molecule is COc1ccccc1CC(C)NC(=O)c1cccc(=O)[nH]1. The molecule has 2 rings (SSSR count). The molecule has 1 atom stereocenters. The van der Waals surface area contributed by atoms with E-state index < -0.39 is 0 Å². The number of ether oxygens (including phenoxy) is 1. The summed E-state index contributed by atoms with van der Waals surface area (Å²) in [6.45, 7) is 1.91. The fraction of sp³-hybridized carbons (Fsp3) is 0.250. The van der Waals surface area contributed by atoms with Gasteiger partial charge in [-0.1, -0.05) is 24.3 Å². The molecule has 1 aromatic carbocycles. The summed E-state index contributed by atoms with van der Waals surface area (Å²) >= 11 is 0. The molecule has 1 aromatic heterocycles. The normalized spacial score (nSPS) is 11.7. The van der Waals surface area contributed by atoms with Crippen molar-refractivity contribution in [2.75, 3.05) is 7.11 Å². The van der Waals surface area contributed by atoms with Crippen molar-refractivity contribution in [3.63, 3.8) is 0 Å². The van der Waals surface area contributed by atoms with Gasteiger partial charge in [-0.2, -0.15) is 0 Å². The van der Waals surface area contributed by atoms with Gasteiger partial charge in [-0.25, -0.2) is 0 Å². The number of hydrogen-bond donors (Lipinski definition) is 2. The quantitative estimate of drug-likeness (QED) is 0.879. The van der Waals surface area contributed by atoms with Crippen molar-refractivity contribution in [2.45, 2.75) is 19.4 Å². The average molecular weight is 286 g/mol. The Hall–Kier alpha value is -2.56. The topological polar surface area (TPSA) is 71.2 Å². The molecule has 0 saturated carbocycles. The summed E-state index contributed by atoms with van der Waals surface area (Å²) in [6, 6.07) is 12.1. The van der Waals surface area contributed by atoms with Gasteiger partial charge in [-0.15, -0.1) is 0 Å². The van der Waals surface area contributed by atoms with E-state index in [1.165, 1.54) is 6.07 Å². The second-order valence-electron chi connectivity index (χ2n) is 4.82. The van der Waals surface area contributed by atoms with Crippen LogP contribution in [-0.2, 0) is 6.42 Å². The predicted molar refractivity (Wildman–Crippen MR) is 80.7 cm³/mol. The van der Waals surface area contributed by atoms with Crippen LogP contribution in [0.25, 0.3) is 0 Å². The molecule has 0 spiro atoms. The van der Waals surface area contributed by atoms with Crippen LogP contribution in [0.2, 0.25) is 0 Å². The summed E-state index contributed by atoms with van der Waals surface area (Å²) in [5.41, 5.74) is 0.990. The predicted octanol–water partition coefficient (Wildman–Crippen LogP) is 1.74. The molecule has 1 heterocycles. The third-order valence-electron chi connectivity index (χ3n) is 3.11. The van der Waals surface area contributed by atoms with Gasteiger partial charge in [0.2, 0.25) is 5.56 Å². The molecule has 1 unspecified atom stereocenters. The molecule has 0 aliphatic heterocycles. The van der Waals surface area contributed by atoms with E-state index in [2.05, 4.69) is 10.3 Å². The van der Waals surface area contributed by atoms with Crippen LogP contribution in [0, 0.1) is 0 Å². The summed E-state index contributed by atoms with van der Waals surface area (Å²) < 4.78 is 5.29. The van der Waals surface area contributed by atoms with Gasteiger partial charge in [0.05, 0.1) is 7.11 Å². The fourth-order valence-electron chi connectivity index (χ4n) is 2.13. The minimum absolute atomic E-state index is 0.0856. The van der Waals surface area contributed by atoms with Crippen molar-refractivity contribution in [3.05, 3.63) is 64.1 Å². The van der Waals surface area contributed by atoms with Gasteiger partial charge in [-0.3, -0.25) is 9.59 Å². The third-order valence-corrected chi connectivity index (χ3v) is 3.11. The highest BCUT2D eigenvalue weighted by Crippen LogP contribution is 2.18. The largest absolute Gasteiger partial charge is 0.496 e. The van der Waals surface area contributed by atoms with E-state index in [0.29, 0.717) is 6.42 Å². The van der Waals surface area contributed by atoms with E-state index in [4.69, 9.17) is 4.74 Å². The van der Waals surface area contributed by atoms with Crippen LogP contribution in [0.1, 0.15) is 23.0 Å². The number of nitrogens with one attached hydrogen (secondary N) is 2. The number of methoxy groups -OCH3 is 1. The molecule has 2 N–H and O–H groups in total. The van der Waals surface area contributed by atoms with Crippen LogP contribution in [-0.4, -0.2) is 24.0 Å². The number of pyridine rings is 1. The molecule has 1 amide bonds. The molecule has 0 aliphatic carbocycles. The molecular weight excluding hydrogens is 268 g/mol. The van der Waals surface area contributed by atoms with Crippen molar-refractivity contribution in [3.8, 4) is 5.75 Å². The minimum Gasteiger partial charge on any atom is -0.496 e. The Kier molecular flexibility index (Phi) is 4.77. The first kappa shape index (κ1) is 14.8. The summed E-state index contributed by atoms with van der Waals surface area (Å²) in [5, 5.41) is 2.86. The van der Waals surface area contributed by atoms with Crippen molar-refractivity contribution >= 4 is 5.91 Å². The summed E-state index contributed by atoms with van der Waals surface area (Å²) in [6.07, 6.45) is 0.646. The Bertz CT molecular complexity index is 679. The average Bonchev–Trinajstić information content (AvgIpc) is 2.47. The molecule has 110 valence electrons. The third kappa shape index (κ3) is 3.95. The number of rotatable bonds is 5. The van der Waals surface area contributed by atoms with Crippen molar-refractivity contribution in [2.24, 2.45) is 0 Å². The lowest BCUT2D eigenvalue weighted by molar-refractivity contribution is 0.0934. The van der Waals surface area contributed by atoms with E-state index in [-0.39, 0.29) is 23.2 Å². The Morgan fingerprint density at radius 3 is 2.71 bits per heavy atom. The van der Waals surface area contributed by atoms with E-state index in [9.17, 15) is 9.59 Å². The lowest BCUT2D eigenvalue weighted by Gasteiger charge is -2.15. The first-order valence-electron chi connectivity index (χ1n) is 6.72. The number of carbonyl (C=O) groups is 1. The standard InChI is InChI=1S/C16H18N2O3/c1-11(10-12-6-3-4-8-14(12)21-2)17-16(20)13-7-5-9-15(19)18-13/h3-9,11H,10H2,1-2H3,(H,17,20)(H,18,19). The van der Waals surface area contributed by atoms with Crippen LogP contribution >= 0.6 is 0 Å². The maximum atomic E-state index is 12.0. The highest BCUT2D eigenvalue weighted by molar-refractivity contribution is 5.92. The highest BCUT2D eigenvalue weighted by atomic mass is 16.5. The lowest BCUT2D eigenvalue weighted by Crippen LogP contribution is -2.35. The minimum atomic E-state index is -0.296. The van der Waals surface area contributed by atoms with Crippen LogP contribution in [0.3, 0.4) is 0 Å². The Morgan fingerprint density at radius 1 is 1.24 bits per heavy atom. The van der Waals surface area contributed by atoms with Gasteiger partial charge in [0, 0.05) is 12.1 Å². The number of para-hydroxylation sites is 1. The van der Waals surface area contributed by atoms with Crippen molar-refractivity contribution < 1.29 is 9.53 Å². The van der Waals surface area contributed by atoms with E-state index in [1.54, 1.807) is 19.2 Å². The number of H-pyrrole nitrogens is 1. The van der Waals surface area contributed by atoms with E-state index >= 15 is 0 Å².